The lowest BCUT2D eigenvalue weighted by Gasteiger charge is -2.23. The predicted molar refractivity (Wildman–Crippen MR) is 129 cm³/mol. The predicted octanol–water partition coefficient (Wildman–Crippen LogP) is 3.74. The van der Waals surface area contributed by atoms with Crippen LogP contribution in [0.5, 0.6) is 0 Å². The van der Waals surface area contributed by atoms with Gasteiger partial charge in [0.25, 0.3) is 0 Å². The van der Waals surface area contributed by atoms with Crippen molar-refractivity contribution in [1.82, 2.24) is 10.6 Å². The number of guanidine groups is 1. The highest BCUT2D eigenvalue weighted by Crippen LogP contribution is 2.19. The highest BCUT2D eigenvalue weighted by Gasteiger charge is 2.15. The number of hydrogen-bond acceptors (Lipinski definition) is 3. The fourth-order valence-electron chi connectivity index (χ4n) is 2.79. The topological polar surface area (TPSA) is 68.8 Å². The number of rotatable bonds is 9. The summed E-state index contributed by atoms with van der Waals surface area (Å²) in [5.74, 6) is -4.61. The lowest BCUT2D eigenvalue weighted by atomic mass is 10.2. The van der Waals surface area contributed by atoms with Gasteiger partial charge in [-0.2, -0.15) is 0 Å². The average Bonchev–Trinajstić information content (AvgIpc) is 2.77. The molecule has 6 nitrogen and oxygen atoms in total. The molecular formula is C21H27F3IN5O. The van der Waals surface area contributed by atoms with Gasteiger partial charge in [-0.1, -0.05) is 18.2 Å². The van der Waals surface area contributed by atoms with E-state index in [-0.39, 0.29) is 30.5 Å². The second-order valence-electron chi connectivity index (χ2n) is 6.39. The Morgan fingerprint density at radius 1 is 1.03 bits per heavy atom. The molecule has 0 radical (unpaired) electrons. The number of carbonyl (C=O) groups is 1. The van der Waals surface area contributed by atoms with E-state index in [4.69, 9.17) is 0 Å². The molecule has 0 saturated carbocycles. The van der Waals surface area contributed by atoms with Crippen molar-refractivity contribution in [2.75, 3.05) is 43.4 Å². The summed E-state index contributed by atoms with van der Waals surface area (Å²) in [4.78, 5) is 18.2. The van der Waals surface area contributed by atoms with E-state index >= 15 is 0 Å². The summed E-state index contributed by atoms with van der Waals surface area (Å²) in [6, 6.07) is 11.8. The Balaban J connectivity index is 0.00000480. The molecular weight excluding hydrogens is 522 g/mol. The van der Waals surface area contributed by atoms with Crippen LogP contribution in [0.2, 0.25) is 0 Å². The number of anilines is 2. The van der Waals surface area contributed by atoms with Gasteiger partial charge in [0.2, 0.25) is 5.91 Å². The number of benzene rings is 2. The first-order valence-corrected chi connectivity index (χ1v) is 9.64. The maximum Gasteiger partial charge on any atom is 0.243 e. The van der Waals surface area contributed by atoms with Crippen LogP contribution in [-0.2, 0) is 4.79 Å². The van der Waals surface area contributed by atoms with Crippen molar-refractivity contribution in [2.45, 2.75) is 13.3 Å². The molecule has 3 N–H and O–H groups in total. The zero-order valence-electron chi connectivity index (χ0n) is 17.4. The van der Waals surface area contributed by atoms with Gasteiger partial charge < -0.3 is 20.9 Å². The molecule has 0 aliphatic rings. The quantitative estimate of drug-likeness (QED) is 0.147. The Hall–Kier alpha value is -2.50. The number of halogens is 4. The van der Waals surface area contributed by atoms with E-state index in [0.29, 0.717) is 12.5 Å². The summed E-state index contributed by atoms with van der Waals surface area (Å²) < 4.78 is 39.8. The van der Waals surface area contributed by atoms with Crippen LogP contribution in [0, 0.1) is 17.5 Å². The SMILES string of the molecule is CCN(CCCNC(=NC)NCC(=O)Nc1ccc(F)c(F)c1F)c1ccccc1.I. The molecule has 0 aliphatic carbocycles. The van der Waals surface area contributed by atoms with Gasteiger partial charge in [0.1, 0.15) is 0 Å². The van der Waals surface area contributed by atoms with Crippen molar-refractivity contribution in [1.29, 1.82) is 0 Å². The minimum Gasteiger partial charge on any atom is -0.372 e. The molecule has 0 spiro atoms. The van der Waals surface area contributed by atoms with E-state index < -0.39 is 29.0 Å². The van der Waals surface area contributed by atoms with Gasteiger partial charge in [0.05, 0.1) is 12.2 Å². The zero-order valence-corrected chi connectivity index (χ0v) is 19.8. The van der Waals surface area contributed by atoms with E-state index in [2.05, 4.69) is 44.9 Å². The van der Waals surface area contributed by atoms with E-state index in [0.717, 1.165) is 37.3 Å². The minimum absolute atomic E-state index is 0. The second kappa shape index (κ2) is 13.7. The Bertz CT molecular complexity index is 868. The molecule has 1 amide bonds. The van der Waals surface area contributed by atoms with Gasteiger partial charge in [-0.25, -0.2) is 13.2 Å². The first kappa shape index (κ1) is 26.5. The van der Waals surface area contributed by atoms with Gasteiger partial charge in [0, 0.05) is 32.4 Å². The van der Waals surface area contributed by atoms with E-state index in [9.17, 15) is 18.0 Å². The number of nitrogens with one attached hydrogen (secondary N) is 3. The fourth-order valence-corrected chi connectivity index (χ4v) is 2.79. The van der Waals surface area contributed by atoms with E-state index in [1.165, 1.54) is 0 Å². The number of aliphatic imine (C=N–C) groups is 1. The van der Waals surface area contributed by atoms with Crippen LogP contribution >= 0.6 is 24.0 Å². The number of hydrogen-bond donors (Lipinski definition) is 3. The molecule has 0 aliphatic heterocycles. The molecule has 0 unspecified atom stereocenters. The van der Waals surface area contributed by atoms with Crippen molar-refractivity contribution >= 4 is 47.2 Å². The fraction of sp³-hybridized carbons (Fsp3) is 0.333. The number of carbonyl (C=O) groups excluding carboxylic acids is 1. The van der Waals surface area contributed by atoms with Crippen LogP contribution in [0.25, 0.3) is 0 Å². The van der Waals surface area contributed by atoms with Crippen molar-refractivity contribution < 1.29 is 18.0 Å². The molecule has 2 aromatic rings. The highest BCUT2D eigenvalue weighted by atomic mass is 127. The molecule has 0 saturated heterocycles. The molecule has 2 rings (SSSR count). The van der Waals surface area contributed by atoms with E-state index in [1.54, 1.807) is 7.05 Å². The lowest BCUT2D eigenvalue weighted by Crippen LogP contribution is -2.42. The van der Waals surface area contributed by atoms with Crippen LogP contribution in [0.4, 0.5) is 24.5 Å². The van der Waals surface area contributed by atoms with Crippen molar-refractivity contribution in [3.63, 3.8) is 0 Å². The molecule has 10 heteroatoms. The summed E-state index contributed by atoms with van der Waals surface area (Å²) in [6.07, 6.45) is 0.843. The van der Waals surface area contributed by atoms with Crippen LogP contribution in [0.15, 0.2) is 47.5 Å². The first-order chi connectivity index (χ1) is 14.5. The Morgan fingerprint density at radius 3 is 2.39 bits per heavy atom. The Labute approximate surface area is 197 Å². The Kier molecular flexibility index (Phi) is 11.8. The largest absolute Gasteiger partial charge is 0.372 e. The normalized spacial score (nSPS) is 10.8. The van der Waals surface area contributed by atoms with Gasteiger partial charge in [-0.05, 0) is 37.6 Å². The third-order valence-corrected chi connectivity index (χ3v) is 4.35. The molecule has 0 heterocycles. The van der Waals surface area contributed by atoms with Crippen LogP contribution in [-0.4, -0.2) is 45.1 Å². The smallest absolute Gasteiger partial charge is 0.243 e. The molecule has 2 aromatic carbocycles. The van der Waals surface area contributed by atoms with Gasteiger partial charge in [-0.3, -0.25) is 9.79 Å². The average molecular weight is 549 g/mol. The summed E-state index contributed by atoms with van der Waals surface area (Å²) >= 11 is 0. The van der Waals surface area contributed by atoms with Crippen LogP contribution in [0.1, 0.15) is 13.3 Å². The number of nitrogens with zero attached hydrogens (tertiary/aromatic N) is 2. The number of amides is 1. The van der Waals surface area contributed by atoms with Crippen molar-refractivity contribution in [2.24, 2.45) is 4.99 Å². The molecule has 0 bridgehead atoms. The number of para-hydroxylation sites is 1. The highest BCUT2D eigenvalue weighted by molar-refractivity contribution is 14.0. The van der Waals surface area contributed by atoms with Gasteiger partial charge in [0.15, 0.2) is 23.4 Å². The van der Waals surface area contributed by atoms with Gasteiger partial charge >= 0.3 is 0 Å². The van der Waals surface area contributed by atoms with Crippen molar-refractivity contribution in [3.05, 3.63) is 59.9 Å². The standard InChI is InChI=1S/C21H26F3N5O.HI/c1-3-29(15-8-5-4-6-9-15)13-7-12-26-21(25-2)27-14-18(30)28-17-11-10-16(22)19(23)20(17)24;/h4-6,8-11H,3,7,12-14H2,1-2H3,(H,28,30)(H2,25,26,27);1H. The Morgan fingerprint density at radius 2 is 1.74 bits per heavy atom. The third-order valence-electron chi connectivity index (χ3n) is 4.35. The monoisotopic (exact) mass is 549 g/mol. The third kappa shape index (κ3) is 8.27. The molecule has 0 atom stereocenters. The lowest BCUT2D eigenvalue weighted by molar-refractivity contribution is -0.115. The van der Waals surface area contributed by atoms with Crippen molar-refractivity contribution in [3.8, 4) is 0 Å². The minimum atomic E-state index is -1.63. The zero-order chi connectivity index (χ0) is 21.9. The molecule has 0 aromatic heterocycles. The summed E-state index contributed by atoms with van der Waals surface area (Å²) in [6.45, 7) is 4.24. The maximum absolute atomic E-state index is 13.6. The van der Waals surface area contributed by atoms with Crippen LogP contribution in [0.3, 0.4) is 0 Å². The summed E-state index contributed by atoms with van der Waals surface area (Å²) in [5.41, 5.74) is 0.729. The maximum atomic E-state index is 13.6. The van der Waals surface area contributed by atoms with Crippen LogP contribution < -0.4 is 20.9 Å². The molecule has 0 fully saturated rings. The second-order valence-corrected chi connectivity index (χ2v) is 6.39. The molecule has 31 heavy (non-hydrogen) atoms. The first-order valence-electron chi connectivity index (χ1n) is 9.64. The summed E-state index contributed by atoms with van der Waals surface area (Å²) in [7, 11) is 1.56. The van der Waals surface area contributed by atoms with E-state index in [1.807, 2.05) is 18.2 Å². The summed E-state index contributed by atoms with van der Waals surface area (Å²) in [5, 5.41) is 8.08. The van der Waals surface area contributed by atoms with Gasteiger partial charge in [-0.15, -0.1) is 24.0 Å². The molecule has 170 valence electrons.